The molecule has 13 heteroatoms. The van der Waals surface area contributed by atoms with Gasteiger partial charge in [-0.3, -0.25) is 9.59 Å². The molecule has 228 valence electrons. The molecule has 0 fully saturated rings. The second-order valence-electron chi connectivity index (χ2n) is 9.62. The van der Waals surface area contributed by atoms with Crippen LogP contribution in [-0.2, 0) is 12.6 Å². The molecular formula is C31H24Cl2F3N3O5. The Labute approximate surface area is 259 Å². The summed E-state index contributed by atoms with van der Waals surface area (Å²) in [5, 5.41) is 20.7. The van der Waals surface area contributed by atoms with Crippen LogP contribution in [0.5, 0.6) is 17.2 Å². The van der Waals surface area contributed by atoms with Crippen molar-refractivity contribution >= 4 is 29.1 Å². The number of alkyl halides is 3. The van der Waals surface area contributed by atoms with Crippen molar-refractivity contribution in [3.63, 3.8) is 0 Å². The lowest BCUT2D eigenvalue weighted by molar-refractivity contribution is -0.137. The molecule has 0 spiro atoms. The number of carbonyl (C=O) groups excluding carboxylic acids is 1. The minimum absolute atomic E-state index is 0.0262. The summed E-state index contributed by atoms with van der Waals surface area (Å²) in [6.07, 6.45) is -4.29. The Morgan fingerprint density at radius 2 is 1.70 bits per heavy atom. The molecule has 1 heterocycles. The van der Waals surface area contributed by atoms with Crippen LogP contribution in [0.3, 0.4) is 0 Å². The van der Waals surface area contributed by atoms with Crippen LogP contribution in [0.1, 0.15) is 27.0 Å². The van der Waals surface area contributed by atoms with Gasteiger partial charge in [0.15, 0.2) is 11.5 Å². The Morgan fingerprint density at radius 1 is 1.00 bits per heavy atom. The number of hydrogen-bond donors (Lipinski definition) is 2. The highest BCUT2D eigenvalue weighted by Gasteiger charge is 2.31. The van der Waals surface area contributed by atoms with Gasteiger partial charge in [-0.05, 0) is 60.5 Å². The van der Waals surface area contributed by atoms with E-state index in [0.717, 1.165) is 23.8 Å². The number of rotatable bonds is 8. The van der Waals surface area contributed by atoms with Crippen LogP contribution in [0.2, 0.25) is 10.0 Å². The Morgan fingerprint density at radius 3 is 2.34 bits per heavy atom. The highest BCUT2D eigenvalue weighted by molar-refractivity contribution is 6.33. The highest BCUT2D eigenvalue weighted by Crippen LogP contribution is 2.40. The fraction of sp³-hybridized carbons (Fsp3) is 0.194. The SMILES string of the molecule is COc1ccc(CCN(C)C(=O)c2cc(Cl)cc(-c3cc(-c4cc(C(F)(F)F)ccc4Cl)c(C#N)c(=O)[nH]3)c2O)cc1OC. The monoisotopic (exact) mass is 645 g/mol. The number of H-pyrrole nitrogens is 1. The molecule has 1 aromatic heterocycles. The van der Waals surface area contributed by atoms with Gasteiger partial charge in [0.2, 0.25) is 0 Å². The summed E-state index contributed by atoms with van der Waals surface area (Å²) in [5.74, 6) is -0.0580. The Bertz CT molecular complexity index is 1850. The van der Waals surface area contributed by atoms with Gasteiger partial charge in [0, 0.05) is 40.3 Å². The number of methoxy groups -OCH3 is 2. The van der Waals surface area contributed by atoms with Gasteiger partial charge in [-0.1, -0.05) is 29.3 Å². The average Bonchev–Trinajstić information content (AvgIpc) is 2.99. The van der Waals surface area contributed by atoms with Crippen LogP contribution in [0.15, 0.2) is 59.4 Å². The van der Waals surface area contributed by atoms with E-state index in [0.29, 0.717) is 17.9 Å². The zero-order valence-corrected chi connectivity index (χ0v) is 25.0. The molecule has 0 saturated heterocycles. The number of nitrogens with zero attached hydrogens (tertiary/aromatic N) is 2. The van der Waals surface area contributed by atoms with Crippen molar-refractivity contribution in [1.82, 2.24) is 9.88 Å². The first kappa shape index (κ1) is 32.3. The lowest BCUT2D eigenvalue weighted by Gasteiger charge is -2.20. The van der Waals surface area contributed by atoms with Crippen molar-refractivity contribution in [3.8, 4) is 45.7 Å². The van der Waals surface area contributed by atoms with Crippen LogP contribution in [0, 0.1) is 11.3 Å². The molecule has 0 saturated carbocycles. The van der Waals surface area contributed by atoms with Crippen molar-refractivity contribution in [2.24, 2.45) is 0 Å². The van der Waals surface area contributed by atoms with Gasteiger partial charge in [0.1, 0.15) is 17.4 Å². The molecule has 3 aromatic carbocycles. The molecule has 0 aliphatic carbocycles. The largest absolute Gasteiger partial charge is 0.506 e. The van der Waals surface area contributed by atoms with Gasteiger partial charge >= 0.3 is 6.18 Å². The minimum atomic E-state index is -4.72. The van der Waals surface area contributed by atoms with E-state index in [1.165, 1.54) is 44.4 Å². The van der Waals surface area contributed by atoms with E-state index in [-0.39, 0.29) is 44.5 Å². The zero-order valence-electron chi connectivity index (χ0n) is 23.5. The number of pyridine rings is 1. The van der Waals surface area contributed by atoms with Crippen molar-refractivity contribution in [1.29, 1.82) is 5.26 Å². The van der Waals surface area contributed by atoms with Gasteiger partial charge in [0.05, 0.1) is 31.0 Å². The molecule has 0 radical (unpaired) electrons. The number of hydrogen-bond acceptors (Lipinski definition) is 6. The van der Waals surface area contributed by atoms with Crippen LogP contribution in [0.4, 0.5) is 13.2 Å². The number of nitrogens with one attached hydrogen (secondary N) is 1. The highest BCUT2D eigenvalue weighted by atomic mass is 35.5. The summed E-state index contributed by atoms with van der Waals surface area (Å²) in [4.78, 5) is 30.1. The number of likely N-dealkylation sites (N-methyl/N-ethyl adjacent to an activating group) is 1. The van der Waals surface area contributed by atoms with Gasteiger partial charge in [-0.15, -0.1) is 0 Å². The first-order chi connectivity index (χ1) is 20.8. The number of aromatic amines is 1. The molecule has 0 aliphatic heterocycles. The van der Waals surface area contributed by atoms with Gasteiger partial charge in [0.25, 0.3) is 11.5 Å². The Balaban J connectivity index is 1.73. The zero-order chi connectivity index (χ0) is 32.3. The maximum absolute atomic E-state index is 13.4. The smallest absolute Gasteiger partial charge is 0.416 e. The third kappa shape index (κ3) is 6.61. The normalized spacial score (nSPS) is 11.2. The van der Waals surface area contributed by atoms with Gasteiger partial charge in [-0.25, -0.2) is 0 Å². The predicted octanol–water partition coefficient (Wildman–Crippen LogP) is 6.94. The second-order valence-corrected chi connectivity index (χ2v) is 10.5. The number of phenols is 1. The third-order valence-corrected chi connectivity index (χ3v) is 7.40. The van der Waals surface area contributed by atoms with Gasteiger partial charge in [-0.2, -0.15) is 18.4 Å². The molecular weight excluding hydrogens is 622 g/mol. The quantitative estimate of drug-likeness (QED) is 0.214. The number of ether oxygens (including phenoxy) is 2. The summed E-state index contributed by atoms with van der Waals surface area (Å²) >= 11 is 12.5. The number of phenolic OH excluding ortho intramolecular Hbond substituents is 1. The first-order valence-electron chi connectivity index (χ1n) is 12.8. The number of nitriles is 1. The third-order valence-electron chi connectivity index (χ3n) is 6.85. The standard InChI is InChI=1S/C31H24Cl2F3N3O5/c1-39(9-8-16-4-7-26(43-2)27(10-16)44-3)30(42)22-13-18(32)12-21(28(22)40)25-14-19(23(15-37)29(41)38-25)20-11-17(31(34,35)36)5-6-24(20)33/h4-7,10-14,40H,8-9H2,1-3H3,(H,38,41). The summed E-state index contributed by atoms with van der Waals surface area (Å²) in [5.41, 5.74) is -2.47. The minimum Gasteiger partial charge on any atom is -0.506 e. The molecule has 0 unspecified atom stereocenters. The Kier molecular flexibility index (Phi) is 9.47. The molecule has 4 rings (SSSR count). The topological polar surface area (TPSA) is 116 Å². The molecule has 8 nitrogen and oxygen atoms in total. The number of amides is 1. The molecule has 0 aliphatic rings. The van der Waals surface area contributed by atoms with E-state index < -0.39 is 34.5 Å². The molecule has 44 heavy (non-hydrogen) atoms. The van der Waals surface area contributed by atoms with Crippen LogP contribution < -0.4 is 15.0 Å². The van der Waals surface area contributed by atoms with Crippen molar-refractivity contribution in [2.75, 3.05) is 27.8 Å². The van der Waals surface area contributed by atoms with E-state index in [9.17, 15) is 33.1 Å². The molecule has 0 atom stereocenters. The number of aromatic nitrogens is 1. The lowest BCUT2D eigenvalue weighted by atomic mass is 9.96. The van der Waals surface area contributed by atoms with Gasteiger partial charge < -0.3 is 24.5 Å². The predicted molar refractivity (Wildman–Crippen MR) is 160 cm³/mol. The van der Waals surface area contributed by atoms with Crippen LogP contribution in [0.25, 0.3) is 22.4 Å². The number of carbonyl (C=O) groups is 1. The maximum Gasteiger partial charge on any atom is 0.416 e. The first-order valence-corrected chi connectivity index (χ1v) is 13.6. The maximum atomic E-state index is 13.4. The van der Waals surface area contributed by atoms with Crippen molar-refractivity contribution in [2.45, 2.75) is 12.6 Å². The summed E-state index contributed by atoms with van der Waals surface area (Å²) in [6.45, 7) is 0.238. The Hall–Kier alpha value is -4.66. The number of halogens is 5. The fourth-order valence-corrected chi connectivity index (χ4v) is 4.98. The summed E-state index contributed by atoms with van der Waals surface area (Å²) in [6, 6.07) is 13.3. The molecule has 4 aromatic rings. The van der Waals surface area contributed by atoms with E-state index >= 15 is 0 Å². The van der Waals surface area contributed by atoms with E-state index in [1.54, 1.807) is 18.2 Å². The lowest BCUT2D eigenvalue weighted by Crippen LogP contribution is -2.29. The van der Waals surface area contributed by atoms with Crippen LogP contribution >= 0.6 is 23.2 Å². The summed E-state index contributed by atoms with van der Waals surface area (Å²) < 4.78 is 50.9. The van der Waals surface area contributed by atoms with E-state index in [1.807, 2.05) is 6.07 Å². The number of aromatic hydroxyl groups is 1. The summed E-state index contributed by atoms with van der Waals surface area (Å²) in [7, 11) is 4.56. The van der Waals surface area contributed by atoms with Crippen molar-refractivity contribution < 1.29 is 32.5 Å². The average molecular weight is 646 g/mol. The molecule has 0 bridgehead atoms. The van der Waals surface area contributed by atoms with Crippen molar-refractivity contribution in [3.05, 3.63) is 97.3 Å². The fourth-order valence-electron chi connectivity index (χ4n) is 4.54. The van der Waals surface area contributed by atoms with Crippen LogP contribution in [-0.4, -0.2) is 48.7 Å². The molecule has 1 amide bonds. The van der Waals surface area contributed by atoms with E-state index in [4.69, 9.17) is 32.7 Å². The molecule has 2 N–H and O–H groups in total. The van der Waals surface area contributed by atoms with E-state index in [2.05, 4.69) is 4.98 Å². The second kappa shape index (κ2) is 12.9. The number of benzene rings is 3.